The van der Waals surface area contributed by atoms with Gasteiger partial charge in [-0.05, 0) is 35.4 Å². The highest BCUT2D eigenvalue weighted by atomic mass is 19.1. The van der Waals surface area contributed by atoms with E-state index in [1.165, 1.54) is 12.1 Å². The summed E-state index contributed by atoms with van der Waals surface area (Å²) in [6.45, 7) is 0.0449. The highest BCUT2D eigenvalue weighted by Crippen LogP contribution is 2.09. The van der Waals surface area contributed by atoms with Gasteiger partial charge in [-0.25, -0.2) is 9.18 Å². The minimum atomic E-state index is -0.496. The van der Waals surface area contributed by atoms with Crippen LogP contribution in [0.25, 0.3) is 0 Å². The first-order valence-corrected chi connectivity index (χ1v) is 7.58. The van der Waals surface area contributed by atoms with Gasteiger partial charge >= 0.3 is 6.03 Å². The van der Waals surface area contributed by atoms with Gasteiger partial charge in [0.1, 0.15) is 5.82 Å². The molecule has 0 unspecified atom stereocenters. The fraction of sp³-hybridized carbons (Fsp3) is 0.167. The van der Waals surface area contributed by atoms with Crippen LogP contribution in [0.1, 0.15) is 11.1 Å². The van der Waals surface area contributed by atoms with Crippen LogP contribution in [0.5, 0.6) is 0 Å². The first-order chi connectivity index (χ1) is 12.1. The lowest BCUT2D eigenvalue weighted by Crippen LogP contribution is -2.39. The number of anilines is 1. The number of amides is 3. The molecule has 2 aromatic carbocycles. The van der Waals surface area contributed by atoms with E-state index in [2.05, 4.69) is 16.0 Å². The molecular weight excluding hydrogens is 323 g/mol. The lowest BCUT2D eigenvalue weighted by molar-refractivity contribution is -0.115. The summed E-state index contributed by atoms with van der Waals surface area (Å²) in [7, 11) is 0. The zero-order valence-electron chi connectivity index (χ0n) is 13.4. The predicted octanol–water partition coefficient (Wildman–Crippen LogP) is 2.33. The van der Waals surface area contributed by atoms with Crippen LogP contribution < -0.4 is 16.0 Å². The molecule has 7 heteroatoms. The topological polar surface area (TPSA) is 94.0 Å². The summed E-state index contributed by atoms with van der Waals surface area (Å²) in [6, 6.07) is 14.2. The van der Waals surface area contributed by atoms with Gasteiger partial charge in [0.15, 0.2) is 0 Å². The van der Waals surface area contributed by atoms with Crippen LogP contribution in [0.2, 0.25) is 0 Å². The number of carbonyl (C=O) groups is 2. The van der Waals surface area contributed by atoms with E-state index in [9.17, 15) is 14.0 Å². The molecule has 0 atom stereocenters. The van der Waals surface area contributed by atoms with Crippen LogP contribution >= 0.6 is 0 Å². The number of nitriles is 1. The third kappa shape index (κ3) is 6.31. The van der Waals surface area contributed by atoms with Crippen LogP contribution in [-0.2, 0) is 17.8 Å². The van der Waals surface area contributed by atoms with Crippen molar-refractivity contribution >= 4 is 17.6 Å². The average molecular weight is 340 g/mol. The van der Waals surface area contributed by atoms with Crippen molar-refractivity contribution in [3.63, 3.8) is 0 Å². The molecule has 0 aromatic heterocycles. The lowest BCUT2D eigenvalue weighted by atomic mass is 10.1. The molecule has 0 fully saturated rings. The van der Waals surface area contributed by atoms with Gasteiger partial charge in [0.05, 0.1) is 19.0 Å². The molecule has 25 heavy (non-hydrogen) atoms. The molecule has 2 rings (SSSR count). The summed E-state index contributed by atoms with van der Waals surface area (Å²) in [5.41, 5.74) is 2.19. The average Bonchev–Trinajstić information content (AvgIpc) is 2.61. The quantitative estimate of drug-likeness (QED) is 0.753. The molecule has 0 heterocycles. The highest BCUT2D eigenvalue weighted by molar-refractivity contribution is 5.94. The fourth-order valence-electron chi connectivity index (χ4n) is 2.01. The Morgan fingerprint density at radius 1 is 0.960 bits per heavy atom. The zero-order valence-corrected chi connectivity index (χ0v) is 13.4. The maximum atomic E-state index is 12.8. The number of nitrogens with zero attached hydrogens (tertiary/aromatic N) is 1. The van der Waals surface area contributed by atoms with Gasteiger partial charge in [-0.3, -0.25) is 4.79 Å². The Morgan fingerprint density at radius 3 is 2.24 bits per heavy atom. The molecule has 0 aliphatic heterocycles. The number of halogens is 1. The number of rotatable bonds is 6. The molecule has 0 radical (unpaired) electrons. The number of carbonyl (C=O) groups excluding carboxylic acids is 2. The molecule has 0 aliphatic rings. The Balaban J connectivity index is 1.71. The second-order valence-electron chi connectivity index (χ2n) is 5.24. The standard InChI is InChI=1S/C18H17FN4O2/c19-15-5-1-14(2-6-15)11-21-18(25)22-12-17(24)23-16-7-3-13(4-8-16)9-10-20/h1-8H,9,11-12H2,(H,23,24)(H2,21,22,25). The van der Waals surface area contributed by atoms with Crippen molar-refractivity contribution in [2.45, 2.75) is 13.0 Å². The van der Waals surface area contributed by atoms with E-state index in [1.807, 2.05) is 6.07 Å². The van der Waals surface area contributed by atoms with E-state index in [1.54, 1.807) is 36.4 Å². The third-order valence-electron chi connectivity index (χ3n) is 3.30. The molecule has 0 spiro atoms. The maximum absolute atomic E-state index is 12.8. The normalized spacial score (nSPS) is 9.76. The van der Waals surface area contributed by atoms with Crippen LogP contribution in [0, 0.1) is 17.1 Å². The van der Waals surface area contributed by atoms with E-state index in [0.717, 1.165) is 11.1 Å². The largest absolute Gasteiger partial charge is 0.334 e. The summed E-state index contributed by atoms with van der Waals surface area (Å²) in [5, 5.41) is 16.3. The highest BCUT2D eigenvalue weighted by Gasteiger charge is 2.06. The smallest absolute Gasteiger partial charge is 0.315 e. The van der Waals surface area contributed by atoms with Crippen molar-refractivity contribution in [2.75, 3.05) is 11.9 Å². The summed E-state index contributed by atoms with van der Waals surface area (Å²) >= 11 is 0. The summed E-state index contributed by atoms with van der Waals surface area (Å²) in [4.78, 5) is 23.4. The zero-order chi connectivity index (χ0) is 18.1. The van der Waals surface area contributed by atoms with E-state index in [4.69, 9.17) is 5.26 Å². The summed E-state index contributed by atoms with van der Waals surface area (Å²) in [5.74, 6) is -0.713. The van der Waals surface area contributed by atoms with Crippen molar-refractivity contribution in [1.82, 2.24) is 10.6 Å². The van der Waals surface area contributed by atoms with Gasteiger partial charge in [-0.1, -0.05) is 24.3 Å². The Bertz CT molecular complexity index is 767. The number of urea groups is 1. The predicted molar refractivity (Wildman–Crippen MR) is 91.0 cm³/mol. The Labute approximate surface area is 144 Å². The molecule has 3 N–H and O–H groups in total. The second-order valence-corrected chi connectivity index (χ2v) is 5.24. The van der Waals surface area contributed by atoms with E-state index < -0.39 is 6.03 Å². The molecule has 2 aromatic rings. The molecule has 0 bridgehead atoms. The van der Waals surface area contributed by atoms with Crippen molar-refractivity contribution in [2.24, 2.45) is 0 Å². The number of hydrogen-bond acceptors (Lipinski definition) is 3. The monoisotopic (exact) mass is 340 g/mol. The summed E-state index contributed by atoms with van der Waals surface area (Å²) < 4.78 is 12.8. The van der Waals surface area contributed by atoms with E-state index in [0.29, 0.717) is 12.1 Å². The first-order valence-electron chi connectivity index (χ1n) is 7.58. The second kappa shape index (κ2) is 9.03. The molecule has 0 aliphatic carbocycles. The van der Waals surface area contributed by atoms with Gasteiger partial charge in [-0.15, -0.1) is 0 Å². The molecule has 0 saturated heterocycles. The molecule has 6 nitrogen and oxygen atoms in total. The van der Waals surface area contributed by atoms with Gasteiger partial charge in [0, 0.05) is 12.2 Å². The fourth-order valence-corrected chi connectivity index (χ4v) is 2.01. The Morgan fingerprint density at radius 2 is 1.60 bits per heavy atom. The van der Waals surface area contributed by atoms with Crippen molar-refractivity contribution in [3.05, 3.63) is 65.5 Å². The molecule has 0 saturated carbocycles. The molecular formula is C18H17FN4O2. The van der Waals surface area contributed by atoms with E-state index in [-0.39, 0.29) is 24.8 Å². The van der Waals surface area contributed by atoms with Crippen molar-refractivity contribution < 1.29 is 14.0 Å². The lowest BCUT2D eigenvalue weighted by Gasteiger charge is -2.09. The van der Waals surface area contributed by atoms with Gasteiger partial charge < -0.3 is 16.0 Å². The van der Waals surface area contributed by atoms with Gasteiger partial charge in [0.2, 0.25) is 5.91 Å². The Hall–Kier alpha value is -3.40. The van der Waals surface area contributed by atoms with Crippen molar-refractivity contribution in [1.29, 1.82) is 5.26 Å². The van der Waals surface area contributed by atoms with Crippen molar-refractivity contribution in [3.8, 4) is 6.07 Å². The van der Waals surface area contributed by atoms with Crippen LogP contribution in [0.4, 0.5) is 14.9 Å². The molecule has 128 valence electrons. The van der Waals surface area contributed by atoms with Gasteiger partial charge in [0.25, 0.3) is 0 Å². The van der Waals surface area contributed by atoms with Crippen LogP contribution in [-0.4, -0.2) is 18.5 Å². The third-order valence-corrected chi connectivity index (χ3v) is 3.30. The minimum absolute atomic E-state index is 0.185. The summed E-state index contributed by atoms with van der Waals surface area (Å²) in [6.07, 6.45) is 0.310. The number of hydrogen-bond donors (Lipinski definition) is 3. The van der Waals surface area contributed by atoms with E-state index >= 15 is 0 Å². The molecule has 3 amide bonds. The Kier molecular flexibility index (Phi) is 6.48. The number of nitrogens with one attached hydrogen (secondary N) is 3. The minimum Gasteiger partial charge on any atom is -0.334 e. The number of benzene rings is 2. The van der Waals surface area contributed by atoms with Crippen LogP contribution in [0.15, 0.2) is 48.5 Å². The first kappa shape index (κ1) is 17.9. The SMILES string of the molecule is N#CCc1ccc(NC(=O)CNC(=O)NCc2ccc(F)cc2)cc1. The van der Waals surface area contributed by atoms with Gasteiger partial charge in [-0.2, -0.15) is 5.26 Å². The van der Waals surface area contributed by atoms with Crippen LogP contribution in [0.3, 0.4) is 0 Å². The maximum Gasteiger partial charge on any atom is 0.315 e.